The Morgan fingerprint density at radius 3 is 2.18 bits per heavy atom. The Morgan fingerprint density at radius 2 is 1.61 bits per heavy atom. The quantitative estimate of drug-likeness (QED) is 0.833. The van der Waals surface area contributed by atoms with E-state index in [0.29, 0.717) is 24.8 Å². The van der Waals surface area contributed by atoms with Crippen molar-refractivity contribution in [3.63, 3.8) is 0 Å². The molecule has 0 saturated carbocycles. The van der Waals surface area contributed by atoms with Crippen LogP contribution in [-0.2, 0) is 11.2 Å². The first-order valence-electron chi connectivity index (χ1n) is 10.5. The number of amides is 2. The maximum atomic E-state index is 13.0. The summed E-state index contributed by atoms with van der Waals surface area (Å²) in [6.07, 6.45) is 4.56. The molecule has 3 saturated heterocycles. The molecular weight excluding hydrogens is 378 g/mol. The van der Waals surface area contributed by atoms with Gasteiger partial charge in [0.2, 0.25) is 5.91 Å². The molecule has 6 nitrogen and oxygen atoms in total. The molecule has 0 unspecified atom stereocenters. The minimum Gasteiger partial charge on any atom is -0.456 e. The molecule has 0 spiro atoms. The van der Waals surface area contributed by atoms with Gasteiger partial charge in [-0.1, -0.05) is 6.92 Å². The van der Waals surface area contributed by atoms with E-state index in [9.17, 15) is 9.59 Å². The lowest BCUT2D eigenvalue weighted by molar-refractivity contribution is -0.136. The third-order valence-corrected chi connectivity index (χ3v) is 6.68. The molecule has 7 heteroatoms. The van der Waals surface area contributed by atoms with E-state index >= 15 is 0 Å². The number of likely N-dealkylation sites (tertiary alicyclic amines) is 2. The van der Waals surface area contributed by atoms with Gasteiger partial charge >= 0.3 is 0 Å². The normalized spacial score (nSPS) is 25.8. The number of nitrogens with one attached hydrogen (secondary N) is 1. The summed E-state index contributed by atoms with van der Waals surface area (Å²) >= 11 is 0. The van der Waals surface area contributed by atoms with Gasteiger partial charge in [0, 0.05) is 38.5 Å². The number of nitrogens with zero attached hydrogens (tertiary/aromatic N) is 2. The monoisotopic (exact) mass is 409 g/mol. The lowest BCUT2D eigenvalue weighted by Crippen LogP contribution is -2.44. The Hall–Kier alpha value is -1.53. The van der Waals surface area contributed by atoms with Crippen LogP contribution >= 0.6 is 12.4 Å². The Kier molecular flexibility index (Phi) is 7.05. The predicted octanol–water partition coefficient (Wildman–Crippen LogP) is 2.57. The number of furan rings is 1. The third-order valence-electron chi connectivity index (χ3n) is 6.68. The first kappa shape index (κ1) is 21.2. The first-order valence-corrected chi connectivity index (χ1v) is 10.5. The largest absolute Gasteiger partial charge is 0.456 e. The molecule has 4 heterocycles. The second-order valence-corrected chi connectivity index (χ2v) is 8.27. The summed E-state index contributed by atoms with van der Waals surface area (Å²) in [7, 11) is 0. The fourth-order valence-electron chi connectivity index (χ4n) is 4.86. The van der Waals surface area contributed by atoms with Gasteiger partial charge in [-0.05, 0) is 62.7 Å². The maximum Gasteiger partial charge on any atom is 0.289 e. The number of carbonyl (C=O) groups is 2. The number of carbonyl (C=O) groups excluding carboxylic acids is 2. The molecule has 1 aromatic rings. The van der Waals surface area contributed by atoms with Gasteiger partial charge in [0.15, 0.2) is 5.76 Å². The van der Waals surface area contributed by atoms with Gasteiger partial charge < -0.3 is 19.5 Å². The fraction of sp³-hybridized carbons (Fsp3) is 0.714. The van der Waals surface area contributed by atoms with Gasteiger partial charge in [0.1, 0.15) is 5.76 Å². The van der Waals surface area contributed by atoms with Gasteiger partial charge in [-0.3, -0.25) is 9.59 Å². The van der Waals surface area contributed by atoms with Crippen molar-refractivity contribution < 1.29 is 14.0 Å². The first-order chi connectivity index (χ1) is 13.2. The van der Waals surface area contributed by atoms with Crippen LogP contribution in [0.3, 0.4) is 0 Å². The molecule has 0 bridgehead atoms. The summed E-state index contributed by atoms with van der Waals surface area (Å²) in [5.41, 5.74) is 0. The van der Waals surface area contributed by atoms with Crippen LogP contribution in [0.15, 0.2) is 16.5 Å². The number of rotatable bonds is 3. The minimum atomic E-state index is -0.0457. The van der Waals surface area contributed by atoms with Crippen molar-refractivity contribution in [3.8, 4) is 0 Å². The molecule has 3 aliphatic rings. The fourth-order valence-corrected chi connectivity index (χ4v) is 4.86. The number of halogens is 1. The van der Waals surface area contributed by atoms with E-state index in [1.807, 2.05) is 17.9 Å². The Morgan fingerprint density at radius 1 is 1.00 bits per heavy atom. The Labute approximate surface area is 173 Å². The zero-order chi connectivity index (χ0) is 18.8. The number of piperidine rings is 1. The van der Waals surface area contributed by atoms with Crippen molar-refractivity contribution in [1.29, 1.82) is 0 Å². The van der Waals surface area contributed by atoms with Crippen LogP contribution in [0.5, 0.6) is 0 Å². The van der Waals surface area contributed by atoms with Crippen molar-refractivity contribution in [2.45, 2.75) is 39.0 Å². The lowest BCUT2D eigenvalue weighted by Gasteiger charge is -2.33. The summed E-state index contributed by atoms with van der Waals surface area (Å²) in [4.78, 5) is 29.5. The van der Waals surface area contributed by atoms with E-state index in [1.54, 1.807) is 6.07 Å². The van der Waals surface area contributed by atoms with Gasteiger partial charge in [-0.2, -0.15) is 0 Å². The summed E-state index contributed by atoms with van der Waals surface area (Å²) in [6, 6.07) is 3.63. The van der Waals surface area contributed by atoms with Crippen LogP contribution in [0.1, 0.15) is 48.9 Å². The van der Waals surface area contributed by atoms with Gasteiger partial charge in [0.25, 0.3) is 5.91 Å². The number of hydrogen-bond donors (Lipinski definition) is 1. The molecule has 1 aromatic heterocycles. The second-order valence-electron chi connectivity index (χ2n) is 8.27. The number of aryl methyl sites for hydroxylation is 1. The number of hydrogen-bond acceptors (Lipinski definition) is 4. The van der Waals surface area contributed by atoms with E-state index in [2.05, 4.69) is 10.2 Å². The molecule has 156 valence electrons. The van der Waals surface area contributed by atoms with Crippen LogP contribution in [0.4, 0.5) is 0 Å². The van der Waals surface area contributed by atoms with Gasteiger partial charge in [-0.25, -0.2) is 0 Å². The number of fused-ring (bicyclic) bond motifs is 1. The van der Waals surface area contributed by atoms with Gasteiger partial charge in [-0.15, -0.1) is 12.4 Å². The maximum absolute atomic E-state index is 13.0. The van der Waals surface area contributed by atoms with Crippen LogP contribution in [0, 0.1) is 17.8 Å². The average molecular weight is 410 g/mol. The molecule has 2 amide bonds. The molecule has 3 fully saturated rings. The van der Waals surface area contributed by atoms with Crippen molar-refractivity contribution in [2.24, 2.45) is 17.8 Å². The highest BCUT2D eigenvalue weighted by Crippen LogP contribution is 2.29. The highest BCUT2D eigenvalue weighted by molar-refractivity contribution is 5.91. The second kappa shape index (κ2) is 9.31. The van der Waals surface area contributed by atoms with Crippen LogP contribution in [-0.4, -0.2) is 60.9 Å². The summed E-state index contributed by atoms with van der Waals surface area (Å²) in [5, 5.41) is 3.48. The average Bonchev–Trinajstić information content (AvgIpc) is 3.33. The topological polar surface area (TPSA) is 65.8 Å². The molecule has 2 atom stereocenters. The Balaban J connectivity index is 0.00000225. The SMILES string of the molecule is CCc1ccc(C(=O)N2CCC(C(=O)N3CC[C@@H]4CNC[C@@H]4CC3)CC2)o1.Cl. The van der Waals surface area contributed by atoms with E-state index in [0.717, 1.165) is 75.9 Å². The van der Waals surface area contributed by atoms with E-state index in [4.69, 9.17) is 4.42 Å². The van der Waals surface area contributed by atoms with Crippen molar-refractivity contribution in [3.05, 3.63) is 23.7 Å². The van der Waals surface area contributed by atoms with E-state index < -0.39 is 0 Å². The zero-order valence-corrected chi connectivity index (χ0v) is 17.5. The molecule has 3 aliphatic heterocycles. The smallest absolute Gasteiger partial charge is 0.289 e. The molecule has 1 N–H and O–H groups in total. The van der Waals surface area contributed by atoms with Crippen molar-refractivity contribution in [2.75, 3.05) is 39.3 Å². The van der Waals surface area contributed by atoms with Crippen molar-refractivity contribution >= 4 is 24.2 Å². The van der Waals surface area contributed by atoms with E-state index in [-0.39, 0.29) is 24.2 Å². The van der Waals surface area contributed by atoms with Crippen LogP contribution in [0.25, 0.3) is 0 Å². The minimum absolute atomic E-state index is 0. The zero-order valence-electron chi connectivity index (χ0n) is 16.7. The molecule has 28 heavy (non-hydrogen) atoms. The molecule has 0 aromatic carbocycles. The summed E-state index contributed by atoms with van der Waals surface area (Å²) < 4.78 is 5.60. The molecule has 0 radical (unpaired) electrons. The van der Waals surface area contributed by atoms with Crippen molar-refractivity contribution in [1.82, 2.24) is 15.1 Å². The summed E-state index contributed by atoms with van der Waals surface area (Å²) in [6.45, 7) is 7.30. The van der Waals surface area contributed by atoms with Crippen LogP contribution in [0.2, 0.25) is 0 Å². The van der Waals surface area contributed by atoms with E-state index in [1.165, 1.54) is 0 Å². The Bertz CT molecular complexity index is 670. The predicted molar refractivity (Wildman–Crippen MR) is 110 cm³/mol. The molecule has 0 aliphatic carbocycles. The highest BCUT2D eigenvalue weighted by Gasteiger charge is 2.35. The molecular formula is C21H32ClN3O3. The lowest BCUT2D eigenvalue weighted by atomic mass is 9.92. The highest BCUT2D eigenvalue weighted by atomic mass is 35.5. The standard InChI is InChI=1S/C21H31N3O3.ClH/c1-2-18-3-4-19(27-18)21(26)24-9-5-15(6-10-24)20(25)23-11-7-16-13-22-14-17(16)8-12-23;/h3-4,15-17,22H,2,5-14H2,1H3;1H/t16-,17+;. The van der Waals surface area contributed by atoms with Crippen LogP contribution < -0.4 is 5.32 Å². The van der Waals surface area contributed by atoms with Gasteiger partial charge in [0.05, 0.1) is 0 Å². The third kappa shape index (κ3) is 4.38. The molecule has 4 rings (SSSR count). The summed E-state index contributed by atoms with van der Waals surface area (Å²) in [5.74, 6) is 3.06.